The number of aliphatic imine (C=N–C) groups is 1. The molecule has 5 nitrogen and oxygen atoms in total. The van der Waals surface area contributed by atoms with E-state index >= 15 is 0 Å². The summed E-state index contributed by atoms with van der Waals surface area (Å²) in [6.45, 7) is 1.75. The molecule has 1 aliphatic rings. The van der Waals surface area contributed by atoms with Crippen LogP contribution in [0.1, 0.15) is 34.1 Å². The summed E-state index contributed by atoms with van der Waals surface area (Å²) in [5, 5.41) is 0. The molecule has 3 rings (SSSR count). The van der Waals surface area contributed by atoms with Gasteiger partial charge < -0.3 is 10.5 Å². The Hall–Kier alpha value is -2.74. The monoisotopic (exact) mass is 391 g/mol. The normalized spacial score (nSPS) is 21.7. The first-order chi connectivity index (χ1) is 13.1. The van der Waals surface area contributed by atoms with Crippen LogP contribution in [-0.2, 0) is 16.7 Å². The van der Waals surface area contributed by atoms with Gasteiger partial charge in [-0.25, -0.2) is 13.2 Å². The van der Waals surface area contributed by atoms with Gasteiger partial charge in [0.2, 0.25) is 0 Å². The fraction of sp³-hybridized carbons (Fsp3) is 0.350. The highest BCUT2D eigenvalue weighted by atomic mass is 19.3. The van der Waals surface area contributed by atoms with E-state index in [0.29, 0.717) is 5.56 Å². The summed E-state index contributed by atoms with van der Waals surface area (Å²) in [4.78, 5) is 20.4. The molecule has 0 radical (unpaired) electrons. The summed E-state index contributed by atoms with van der Waals surface area (Å²) >= 11 is 0. The van der Waals surface area contributed by atoms with Crippen LogP contribution in [-0.4, -0.2) is 35.7 Å². The van der Waals surface area contributed by atoms with Gasteiger partial charge >= 0.3 is 0 Å². The van der Waals surface area contributed by atoms with Crippen molar-refractivity contribution in [3.63, 3.8) is 0 Å². The molecule has 1 aliphatic heterocycles. The van der Waals surface area contributed by atoms with Crippen LogP contribution in [0.2, 0.25) is 0 Å². The highest BCUT2D eigenvalue weighted by Gasteiger charge is 2.54. The van der Waals surface area contributed by atoms with E-state index in [-0.39, 0.29) is 35.9 Å². The highest BCUT2D eigenvalue weighted by molar-refractivity contribution is 5.95. The number of aryl methyl sites for hydroxylation is 1. The molecule has 2 aromatic rings. The molecular weight excluding hydrogens is 371 g/mol. The van der Waals surface area contributed by atoms with Crippen molar-refractivity contribution in [3.05, 3.63) is 64.7 Å². The predicted molar refractivity (Wildman–Crippen MR) is 98.1 cm³/mol. The summed E-state index contributed by atoms with van der Waals surface area (Å²) in [5.41, 5.74) is 4.57. The van der Waals surface area contributed by atoms with Gasteiger partial charge in [0, 0.05) is 18.2 Å². The molecule has 0 fully saturated rings. The van der Waals surface area contributed by atoms with Crippen molar-refractivity contribution >= 4 is 11.6 Å². The smallest absolute Gasteiger partial charge is 0.299 e. The molecule has 1 atom stereocenters. The number of aromatic nitrogens is 1. The van der Waals surface area contributed by atoms with Crippen LogP contribution in [0.25, 0.3) is 0 Å². The lowest BCUT2D eigenvalue weighted by molar-refractivity contribution is -0.116. The standard InChI is InChI=1S/C20H20F3N3O2/c1-12-3-6-16(25-9-12)17(27)8-13-4-5-15(21)14(7-13)19(2)20(22,23)11-28-10-18(24)26-19/h3-7,9H,8,10-11H2,1-2H3,(H2,24,26)/t19-/m1/s1. The fourth-order valence-electron chi connectivity index (χ4n) is 3.05. The molecular formula is C20H20F3N3O2. The number of carbonyl (C=O) groups is 1. The Balaban J connectivity index is 1.98. The molecule has 0 saturated carbocycles. The number of ketones is 1. The van der Waals surface area contributed by atoms with E-state index in [9.17, 15) is 18.0 Å². The zero-order valence-electron chi connectivity index (χ0n) is 15.5. The molecule has 0 saturated heterocycles. The highest BCUT2D eigenvalue weighted by Crippen LogP contribution is 2.43. The first-order valence-corrected chi connectivity index (χ1v) is 8.67. The fourth-order valence-corrected chi connectivity index (χ4v) is 3.05. The second kappa shape index (κ2) is 7.35. The second-order valence-corrected chi connectivity index (χ2v) is 7.01. The molecule has 1 aromatic carbocycles. The van der Waals surface area contributed by atoms with Crippen molar-refractivity contribution in [2.45, 2.75) is 31.7 Å². The summed E-state index contributed by atoms with van der Waals surface area (Å²) in [6.07, 6.45) is 1.45. The number of alkyl halides is 2. The maximum absolute atomic E-state index is 14.7. The quantitative estimate of drug-likeness (QED) is 0.812. The zero-order valence-corrected chi connectivity index (χ0v) is 15.5. The minimum atomic E-state index is -3.49. The molecule has 2 heterocycles. The second-order valence-electron chi connectivity index (χ2n) is 7.01. The molecule has 148 valence electrons. The molecule has 0 bridgehead atoms. The first kappa shape index (κ1) is 20.0. The van der Waals surface area contributed by atoms with E-state index in [4.69, 9.17) is 10.5 Å². The largest absolute Gasteiger partial charge is 0.385 e. The van der Waals surface area contributed by atoms with Gasteiger partial charge in [-0.15, -0.1) is 0 Å². The molecule has 8 heteroatoms. The number of rotatable bonds is 4. The first-order valence-electron chi connectivity index (χ1n) is 8.67. The molecule has 0 unspecified atom stereocenters. The lowest BCUT2D eigenvalue weighted by atomic mass is 9.84. The van der Waals surface area contributed by atoms with Crippen molar-refractivity contribution in [1.82, 2.24) is 4.98 Å². The van der Waals surface area contributed by atoms with E-state index in [1.807, 2.05) is 6.92 Å². The van der Waals surface area contributed by atoms with Gasteiger partial charge in [-0.3, -0.25) is 14.8 Å². The lowest BCUT2D eigenvalue weighted by Crippen LogP contribution is -2.45. The van der Waals surface area contributed by atoms with Gasteiger partial charge in [-0.05, 0) is 43.2 Å². The Morgan fingerprint density at radius 3 is 2.71 bits per heavy atom. The third-order valence-corrected chi connectivity index (χ3v) is 4.73. The molecule has 2 N–H and O–H groups in total. The number of carbonyl (C=O) groups excluding carboxylic acids is 1. The van der Waals surface area contributed by atoms with Crippen LogP contribution in [0.3, 0.4) is 0 Å². The topological polar surface area (TPSA) is 77.6 Å². The third kappa shape index (κ3) is 3.77. The number of benzene rings is 1. The number of pyridine rings is 1. The molecule has 0 aliphatic carbocycles. The Morgan fingerprint density at radius 2 is 2.04 bits per heavy atom. The third-order valence-electron chi connectivity index (χ3n) is 4.73. The summed E-state index contributed by atoms with van der Waals surface area (Å²) in [5.74, 6) is -4.80. The van der Waals surface area contributed by atoms with Crippen LogP contribution in [0.15, 0.2) is 41.5 Å². The number of halogens is 3. The van der Waals surface area contributed by atoms with Crippen LogP contribution >= 0.6 is 0 Å². The zero-order chi connectivity index (χ0) is 20.5. The summed E-state index contributed by atoms with van der Waals surface area (Å²) in [7, 11) is 0. The van der Waals surface area contributed by atoms with Gasteiger partial charge in [0.1, 0.15) is 30.6 Å². The van der Waals surface area contributed by atoms with Crippen molar-refractivity contribution < 1.29 is 22.7 Å². The average molecular weight is 391 g/mol. The van der Waals surface area contributed by atoms with Crippen molar-refractivity contribution in [2.24, 2.45) is 10.7 Å². The van der Waals surface area contributed by atoms with Crippen molar-refractivity contribution in [3.8, 4) is 0 Å². The van der Waals surface area contributed by atoms with Gasteiger partial charge in [0.25, 0.3) is 5.92 Å². The van der Waals surface area contributed by atoms with E-state index in [0.717, 1.165) is 18.6 Å². The Morgan fingerprint density at radius 1 is 1.29 bits per heavy atom. The number of hydrogen-bond donors (Lipinski definition) is 1. The van der Waals surface area contributed by atoms with Gasteiger partial charge in [-0.1, -0.05) is 12.1 Å². The number of nitrogens with zero attached hydrogens (tertiary/aromatic N) is 2. The molecule has 28 heavy (non-hydrogen) atoms. The van der Waals surface area contributed by atoms with Crippen LogP contribution in [0.4, 0.5) is 13.2 Å². The van der Waals surface area contributed by atoms with E-state index in [1.165, 1.54) is 12.1 Å². The number of nitrogens with two attached hydrogens (primary N) is 1. The number of amidine groups is 1. The SMILES string of the molecule is Cc1ccc(C(=O)Cc2ccc(F)c([C@@]3(C)N=C(N)COCC3(F)F)c2)nc1. The van der Waals surface area contributed by atoms with Crippen LogP contribution < -0.4 is 5.73 Å². The van der Waals surface area contributed by atoms with E-state index < -0.39 is 23.9 Å². The molecule has 1 aromatic heterocycles. The molecule has 0 amide bonds. The van der Waals surface area contributed by atoms with Gasteiger partial charge in [-0.2, -0.15) is 0 Å². The predicted octanol–water partition coefficient (Wildman–Crippen LogP) is 3.19. The number of ether oxygens (including phenoxy) is 1. The lowest BCUT2D eigenvalue weighted by Gasteiger charge is -2.33. The number of Topliss-reactive ketones (excluding diaryl/α,β-unsaturated/α-hetero) is 1. The Bertz CT molecular complexity index is 929. The minimum Gasteiger partial charge on any atom is -0.385 e. The summed E-state index contributed by atoms with van der Waals surface area (Å²) < 4.78 is 48.8. The van der Waals surface area contributed by atoms with Crippen molar-refractivity contribution in [1.29, 1.82) is 0 Å². The Labute approximate surface area is 160 Å². The van der Waals surface area contributed by atoms with Gasteiger partial charge in [0.15, 0.2) is 11.3 Å². The Kier molecular flexibility index (Phi) is 5.25. The average Bonchev–Trinajstić information content (AvgIpc) is 2.73. The summed E-state index contributed by atoms with van der Waals surface area (Å²) in [6, 6.07) is 7.01. The minimum absolute atomic E-state index is 0.110. The van der Waals surface area contributed by atoms with Crippen LogP contribution in [0.5, 0.6) is 0 Å². The maximum atomic E-state index is 14.7. The van der Waals surface area contributed by atoms with E-state index in [2.05, 4.69) is 9.98 Å². The van der Waals surface area contributed by atoms with Crippen LogP contribution in [0, 0.1) is 12.7 Å². The molecule has 0 spiro atoms. The number of hydrogen-bond acceptors (Lipinski definition) is 5. The van der Waals surface area contributed by atoms with Gasteiger partial charge in [0.05, 0.1) is 0 Å². The maximum Gasteiger partial charge on any atom is 0.299 e. The van der Waals surface area contributed by atoms with E-state index in [1.54, 1.807) is 18.3 Å². The van der Waals surface area contributed by atoms with Crippen molar-refractivity contribution in [2.75, 3.05) is 13.2 Å².